The Morgan fingerprint density at radius 2 is 2.07 bits per heavy atom. The number of benzene rings is 1. The van der Waals surface area contributed by atoms with Gasteiger partial charge in [0.25, 0.3) is 0 Å². The van der Waals surface area contributed by atoms with Gasteiger partial charge in [-0.05, 0) is 38.1 Å². The van der Waals surface area contributed by atoms with Crippen LogP contribution in [0.5, 0.6) is 11.5 Å². The highest BCUT2D eigenvalue weighted by Gasteiger charge is 2.21. The molecule has 0 amide bonds. The number of piperidine rings is 1. The van der Waals surface area contributed by atoms with Gasteiger partial charge in [-0.3, -0.25) is 9.98 Å². The van der Waals surface area contributed by atoms with Gasteiger partial charge in [0.05, 0.1) is 7.11 Å². The van der Waals surface area contributed by atoms with Gasteiger partial charge in [0.1, 0.15) is 24.0 Å². The van der Waals surface area contributed by atoms with Crippen LogP contribution in [0.3, 0.4) is 0 Å². The summed E-state index contributed by atoms with van der Waals surface area (Å²) in [6.45, 7) is 4.43. The molecule has 146 valence electrons. The monoisotopic (exact) mass is 373 g/mol. The van der Waals surface area contributed by atoms with E-state index in [1.165, 1.54) is 19.3 Å². The fourth-order valence-corrected chi connectivity index (χ4v) is 3.96. The number of likely N-dealkylation sites (tertiary alicyclic amines) is 1. The highest BCUT2D eigenvalue weighted by molar-refractivity contribution is 5.95. The van der Waals surface area contributed by atoms with Crippen molar-refractivity contribution in [3.63, 3.8) is 0 Å². The van der Waals surface area contributed by atoms with Crippen LogP contribution in [0.2, 0.25) is 0 Å². The van der Waals surface area contributed by atoms with Crippen LogP contribution in [0.15, 0.2) is 12.1 Å². The molecule has 1 unspecified atom stereocenters. The molecule has 1 aromatic carbocycles. The van der Waals surface area contributed by atoms with E-state index in [0.29, 0.717) is 23.6 Å². The number of ether oxygens (including phenoxy) is 2. The van der Waals surface area contributed by atoms with Crippen LogP contribution in [0.4, 0.5) is 5.82 Å². The van der Waals surface area contributed by atoms with Gasteiger partial charge >= 0.3 is 0 Å². The average Bonchev–Trinajstić information content (AvgIpc) is 3.17. The molecule has 0 spiro atoms. The highest BCUT2D eigenvalue weighted by Crippen LogP contribution is 2.37. The summed E-state index contributed by atoms with van der Waals surface area (Å²) in [6.07, 6.45) is 3.12. The van der Waals surface area contributed by atoms with Gasteiger partial charge in [0.2, 0.25) is 5.62 Å². The Labute approximate surface area is 158 Å². The molecule has 27 heavy (non-hydrogen) atoms. The first-order chi connectivity index (χ1) is 13.2. The van der Waals surface area contributed by atoms with Crippen LogP contribution in [0.1, 0.15) is 19.3 Å². The molecule has 0 bridgehead atoms. The average molecular weight is 373 g/mol. The minimum Gasteiger partial charge on any atom is -0.491 e. The Bertz CT molecular complexity index is 876. The molecule has 3 N–H and O–H groups in total. The van der Waals surface area contributed by atoms with Crippen molar-refractivity contribution in [3.05, 3.63) is 17.8 Å². The first-order valence-electron chi connectivity index (χ1n) is 9.60. The maximum absolute atomic E-state index is 10.3. The van der Waals surface area contributed by atoms with E-state index in [1.807, 2.05) is 16.7 Å². The number of nitrogens with one attached hydrogen (secondary N) is 2. The second-order valence-electron chi connectivity index (χ2n) is 7.18. The van der Waals surface area contributed by atoms with Crippen molar-refractivity contribution in [2.45, 2.75) is 31.9 Å². The Morgan fingerprint density at radius 3 is 2.85 bits per heavy atom. The minimum absolute atomic E-state index is 0.197. The topological polar surface area (TPSA) is 95.6 Å². The number of aromatic nitrogens is 2. The molecule has 1 atom stereocenters. The molecule has 1 fully saturated rings. The van der Waals surface area contributed by atoms with E-state index in [9.17, 15) is 5.11 Å². The van der Waals surface area contributed by atoms with E-state index >= 15 is 0 Å². The predicted octanol–water partition coefficient (Wildman–Crippen LogP) is 1.18. The molecule has 3 heterocycles. The van der Waals surface area contributed by atoms with E-state index in [0.717, 1.165) is 37.4 Å². The van der Waals surface area contributed by atoms with Gasteiger partial charge in [-0.2, -0.15) is 0 Å². The number of hydrogen-bond acceptors (Lipinski definition) is 7. The Balaban J connectivity index is 1.53. The zero-order valence-corrected chi connectivity index (χ0v) is 15.7. The first kappa shape index (κ1) is 18.1. The maximum atomic E-state index is 10.3. The van der Waals surface area contributed by atoms with Crippen LogP contribution in [0, 0.1) is 5.41 Å². The number of hydrogen-bond donors (Lipinski definition) is 3. The largest absolute Gasteiger partial charge is 0.491 e. The fraction of sp³-hybridized carbons (Fsp3) is 0.579. The second kappa shape index (κ2) is 7.74. The third-order valence-corrected chi connectivity index (χ3v) is 5.27. The third kappa shape index (κ3) is 3.59. The maximum Gasteiger partial charge on any atom is 0.224 e. The number of methoxy groups -OCH3 is 1. The smallest absolute Gasteiger partial charge is 0.224 e. The van der Waals surface area contributed by atoms with Crippen molar-refractivity contribution in [1.82, 2.24) is 14.5 Å². The molecule has 2 aliphatic rings. The van der Waals surface area contributed by atoms with Crippen molar-refractivity contribution in [2.75, 3.05) is 45.2 Å². The van der Waals surface area contributed by atoms with Gasteiger partial charge in [0, 0.05) is 25.0 Å². The number of anilines is 1. The molecule has 1 aromatic heterocycles. The molecular formula is C19H27N5O3. The lowest BCUT2D eigenvalue weighted by atomic mass is 10.1. The van der Waals surface area contributed by atoms with Gasteiger partial charge in [0.15, 0.2) is 11.5 Å². The molecule has 1 saturated heterocycles. The summed E-state index contributed by atoms with van der Waals surface area (Å²) >= 11 is 0. The van der Waals surface area contributed by atoms with Crippen LogP contribution in [-0.4, -0.2) is 65.6 Å². The lowest BCUT2D eigenvalue weighted by Gasteiger charge is -2.28. The Morgan fingerprint density at radius 1 is 1.26 bits per heavy atom. The molecule has 4 rings (SSSR count). The number of fused-ring (bicyclic) bond motifs is 3. The lowest BCUT2D eigenvalue weighted by Crippen LogP contribution is -2.38. The van der Waals surface area contributed by atoms with Gasteiger partial charge in [-0.15, -0.1) is 0 Å². The fourth-order valence-electron chi connectivity index (χ4n) is 3.96. The quantitative estimate of drug-likeness (QED) is 0.704. The van der Waals surface area contributed by atoms with Crippen LogP contribution in [0.25, 0.3) is 10.9 Å². The zero-order chi connectivity index (χ0) is 18.8. The van der Waals surface area contributed by atoms with Crippen LogP contribution in [-0.2, 0) is 6.54 Å². The van der Waals surface area contributed by atoms with Crippen molar-refractivity contribution >= 4 is 16.7 Å². The number of aliphatic hydroxyl groups excluding tert-OH is 1. The van der Waals surface area contributed by atoms with Crippen molar-refractivity contribution in [3.8, 4) is 11.5 Å². The summed E-state index contributed by atoms with van der Waals surface area (Å²) in [5.74, 6) is 1.93. The highest BCUT2D eigenvalue weighted by atomic mass is 16.5. The minimum atomic E-state index is -0.555. The van der Waals surface area contributed by atoms with Crippen LogP contribution >= 0.6 is 0 Å². The summed E-state index contributed by atoms with van der Waals surface area (Å²) in [6, 6.07) is 3.78. The van der Waals surface area contributed by atoms with Crippen molar-refractivity contribution in [2.24, 2.45) is 0 Å². The summed E-state index contributed by atoms with van der Waals surface area (Å²) in [5.41, 5.74) is 0.800. The normalized spacial score (nSPS) is 18.1. The molecular weight excluding hydrogens is 346 g/mol. The summed E-state index contributed by atoms with van der Waals surface area (Å²) in [4.78, 5) is 6.70. The molecule has 2 aliphatic heterocycles. The Hall–Kier alpha value is -2.32. The van der Waals surface area contributed by atoms with E-state index < -0.39 is 6.10 Å². The predicted molar refractivity (Wildman–Crippen MR) is 102 cm³/mol. The zero-order valence-electron chi connectivity index (χ0n) is 15.7. The summed E-state index contributed by atoms with van der Waals surface area (Å²) in [5, 5.41) is 22.7. The summed E-state index contributed by atoms with van der Waals surface area (Å²) in [7, 11) is 1.57. The Kier molecular flexibility index (Phi) is 5.18. The molecule has 0 aliphatic carbocycles. The number of β-amino-alcohol motifs (C(OH)–C–C–N with tert-alkyl or cyclic N) is 1. The number of aliphatic hydroxyl groups is 1. The second-order valence-corrected chi connectivity index (χ2v) is 7.18. The summed E-state index contributed by atoms with van der Waals surface area (Å²) < 4.78 is 13.3. The first-order valence-corrected chi connectivity index (χ1v) is 9.60. The molecule has 8 heteroatoms. The van der Waals surface area contributed by atoms with E-state index in [4.69, 9.17) is 14.9 Å². The SMILES string of the molecule is COc1c(OCC(O)CN2CCCCC2)ccc2c3n(c(=N)nc12)CCN3. The standard InChI is InChI=1S/C19H27N5O3/c1-26-17-15(27-12-13(25)11-23-8-3-2-4-9-23)6-5-14-16(17)22-19(20)24-10-7-21-18(14)24/h5-6,13,20-21,25H,2-4,7-12H2,1H3. The lowest BCUT2D eigenvalue weighted by molar-refractivity contribution is 0.0609. The van der Waals surface area contributed by atoms with Gasteiger partial charge in [-0.25, -0.2) is 4.98 Å². The van der Waals surface area contributed by atoms with Gasteiger partial charge in [-0.1, -0.05) is 6.42 Å². The third-order valence-electron chi connectivity index (χ3n) is 5.27. The number of rotatable bonds is 6. The molecule has 0 radical (unpaired) electrons. The molecule has 0 saturated carbocycles. The molecule has 8 nitrogen and oxygen atoms in total. The van der Waals surface area contributed by atoms with Gasteiger partial charge < -0.3 is 24.8 Å². The number of nitrogens with zero attached hydrogens (tertiary/aromatic N) is 3. The molecule has 2 aromatic rings. The van der Waals surface area contributed by atoms with E-state index in [2.05, 4.69) is 15.2 Å². The van der Waals surface area contributed by atoms with Crippen molar-refractivity contribution < 1.29 is 14.6 Å². The van der Waals surface area contributed by atoms with E-state index in [-0.39, 0.29) is 12.2 Å². The van der Waals surface area contributed by atoms with E-state index in [1.54, 1.807) is 7.11 Å². The van der Waals surface area contributed by atoms with Crippen molar-refractivity contribution in [1.29, 1.82) is 5.41 Å². The van der Waals surface area contributed by atoms with Crippen LogP contribution < -0.4 is 20.4 Å².